The first-order valence-electron chi connectivity index (χ1n) is 8.49. The van der Waals surface area contributed by atoms with Gasteiger partial charge in [0.15, 0.2) is 0 Å². The van der Waals surface area contributed by atoms with Gasteiger partial charge in [0.1, 0.15) is 10.6 Å². The molecule has 1 aromatic rings. The molecule has 2 atom stereocenters. The minimum atomic E-state index is -3.70. The Hall–Kier alpha value is -1.64. The SMILES string of the molecule is COc1ccc(C(=O)N2CCC3CCC(C2)N3)cc1S(=O)(=O)N(C)C. The summed E-state index contributed by atoms with van der Waals surface area (Å²) in [6, 6.07) is 5.42. The number of benzene rings is 1. The van der Waals surface area contributed by atoms with Gasteiger partial charge in [-0.1, -0.05) is 0 Å². The Morgan fingerprint density at radius 2 is 1.96 bits per heavy atom. The second kappa shape index (κ2) is 6.93. The van der Waals surface area contributed by atoms with E-state index in [4.69, 9.17) is 4.74 Å². The quantitative estimate of drug-likeness (QED) is 0.856. The molecular formula is C17H25N3O4S. The number of hydrogen-bond acceptors (Lipinski definition) is 5. The molecule has 2 fully saturated rings. The van der Waals surface area contributed by atoms with Crippen LogP contribution in [0.2, 0.25) is 0 Å². The fourth-order valence-corrected chi connectivity index (χ4v) is 4.59. The van der Waals surface area contributed by atoms with Gasteiger partial charge < -0.3 is 15.0 Å². The van der Waals surface area contributed by atoms with E-state index in [2.05, 4.69) is 5.32 Å². The molecule has 25 heavy (non-hydrogen) atoms. The third kappa shape index (κ3) is 3.51. The van der Waals surface area contributed by atoms with Crippen LogP contribution in [-0.2, 0) is 10.0 Å². The van der Waals surface area contributed by atoms with Crippen LogP contribution in [0.25, 0.3) is 0 Å². The zero-order valence-electron chi connectivity index (χ0n) is 14.9. The van der Waals surface area contributed by atoms with E-state index in [0.29, 0.717) is 30.7 Å². The molecule has 138 valence electrons. The Morgan fingerprint density at radius 3 is 2.64 bits per heavy atom. The first kappa shape index (κ1) is 18.2. The molecule has 0 spiro atoms. The van der Waals surface area contributed by atoms with Crippen LogP contribution in [0, 0.1) is 0 Å². The van der Waals surface area contributed by atoms with E-state index in [9.17, 15) is 13.2 Å². The summed E-state index contributed by atoms with van der Waals surface area (Å²) >= 11 is 0. The van der Waals surface area contributed by atoms with Crippen molar-refractivity contribution < 1.29 is 17.9 Å². The smallest absolute Gasteiger partial charge is 0.253 e. The number of sulfonamides is 1. The van der Waals surface area contributed by atoms with Gasteiger partial charge in [0, 0.05) is 44.8 Å². The summed E-state index contributed by atoms with van der Waals surface area (Å²) < 4.78 is 31.4. The number of amides is 1. The molecule has 2 unspecified atom stereocenters. The lowest BCUT2D eigenvalue weighted by Crippen LogP contribution is -2.39. The molecule has 0 aromatic heterocycles. The van der Waals surface area contributed by atoms with E-state index < -0.39 is 10.0 Å². The highest BCUT2D eigenvalue weighted by Gasteiger charge is 2.32. The van der Waals surface area contributed by atoms with E-state index in [1.54, 1.807) is 12.1 Å². The van der Waals surface area contributed by atoms with E-state index >= 15 is 0 Å². The van der Waals surface area contributed by atoms with Gasteiger partial charge in [0.05, 0.1) is 7.11 Å². The number of carbonyl (C=O) groups is 1. The Kier molecular flexibility index (Phi) is 5.04. The van der Waals surface area contributed by atoms with Crippen molar-refractivity contribution in [1.82, 2.24) is 14.5 Å². The molecule has 3 rings (SSSR count). The van der Waals surface area contributed by atoms with E-state index in [-0.39, 0.29) is 16.6 Å². The summed E-state index contributed by atoms with van der Waals surface area (Å²) in [5.74, 6) is 0.106. The van der Waals surface area contributed by atoms with E-state index in [1.807, 2.05) is 4.90 Å². The minimum Gasteiger partial charge on any atom is -0.495 e. The van der Waals surface area contributed by atoms with Crippen molar-refractivity contribution in [3.63, 3.8) is 0 Å². The highest BCUT2D eigenvalue weighted by atomic mass is 32.2. The first-order valence-corrected chi connectivity index (χ1v) is 9.93. The summed E-state index contributed by atoms with van der Waals surface area (Å²) in [5.41, 5.74) is 0.374. The number of nitrogens with one attached hydrogen (secondary N) is 1. The molecular weight excluding hydrogens is 342 g/mol. The van der Waals surface area contributed by atoms with Gasteiger partial charge in [0.2, 0.25) is 10.0 Å². The second-order valence-corrected chi connectivity index (χ2v) is 8.95. The third-order valence-electron chi connectivity index (χ3n) is 4.98. The molecule has 1 aromatic carbocycles. The third-order valence-corrected chi connectivity index (χ3v) is 6.82. The average Bonchev–Trinajstić information content (AvgIpc) is 2.92. The van der Waals surface area contributed by atoms with E-state index in [1.165, 1.54) is 33.7 Å². The number of ether oxygens (including phenoxy) is 1. The topological polar surface area (TPSA) is 79.0 Å². The van der Waals surface area contributed by atoms with Gasteiger partial charge in [-0.2, -0.15) is 0 Å². The molecule has 8 heteroatoms. The monoisotopic (exact) mass is 367 g/mol. The van der Waals surface area contributed by atoms with Gasteiger partial charge in [0.25, 0.3) is 5.91 Å². The van der Waals surface area contributed by atoms with Crippen LogP contribution in [0.1, 0.15) is 29.6 Å². The maximum Gasteiger partial charge on any atom is 0.253 e. The van der Waals surface area contributed by atoms with E-state index in [0.717, 1.165) is 17.1 Å². The molecule has 0 radical (unpaired) electrons. The van der Waals surface area contributed by atoms with Crippen molar-refractivity contribution in [3.05, 3.63) is 23.8 Å². The number of methoxy groups -OCH3 is 1. The van der Waals surface area contributed by atoms with Crippen molar-refractivity contribution in [2.75, 3.05) is 34.3 Å². The largest absolute Gasteiger partial charge is 0.495 e. The Morgan fingerprint density at radius 1 is 1.24 bits per heavy atom. The van der Waals surface area contributed by atoms with Crippen LogP contribution in [0.4, 0.5) is 0 Å². The fraction of sp³-hybridized carbons (Fsp3) is 0.588. The lowest BCUT2D eigenvalue weighted by Gasteiger charge is -2.25. The maximum absolute atomic E-state index is 12.9. The predicted molar refractivity (Wildman–Crippen MR) is 94.3 cm³/mol. The van der Waals surface area contributed by atoms with Gasteiger partial charge in [-0.05, 0) is 37.5 Å². The van der Waals surface area contributed by atoms with Crippen molar-refractivity contribution in [3.8, 4) is 5.75 Å². The van der Waals surface area contributed by atoms with Crippen LogP contribution in [-0.4, -0.2) is 69.9 Å². The number of hydrogen-bond donors (Lipinski definition) is 1. The van der Waals surface area contributed by atoms with Gasteiger partial charge in [-0.25, -0.2) is 12.7 Å². The summed E-state index contributed by atoms with van der Waals surface area (Å²) in [6.45, 7) is 1.35. The van der Waals surface area contributed by atoms with Gasteiger partial charge in [-0.3, -0.25) is 4.79 Å². The number of likely N-dealkylation sites (tertiary alicyclic amines) is 1. The second-order valence-electron chi connectivity index (χ2n) is 6.83. The van der Waals surface area contributed by atoms with Crippen LogP contribution >= 0.6 is 0 Å². The summed E-state index contributed by atoms with van der Waals surface area (Å²) in [7, 11) is 0.640. The maximum atomic E-state index is 12.9. The Bertz CT molecular complexity index is 763. The van der Waals surface area contributed by atoms with Gasteiger partial charge >= 0.3 is 0 Å². The fourth-order valence-electron chi connectivity index (χ4n) is 3.52. The zero-order valence-corrected chi connectivity index (χ0v) is 15.7. The standard InChI is InChI=1S/C17H25N3O4S/c1-19(2)25(22,23)16-10-12(4-7-15(16)24-3)17(21)20-9-8-13-5-6-14(11-20)18-13/h4,7,10,13-14,18H,5-6,8-9,11H2,1-3H3. The van der Waals surface area contributed by atoms with Crippen molar-refractivity contribution in [2.24, 2.45) is 0 Å². The minimum absolute atomic E-state index is 0.0142. The molecule has 1 N–H and O–H groups in total. The molecule has 2 heterocycles. The predicted octanol–water partition coefficient (Wildman–Crippen LogP) is 0.912. The Labute approximate surface area is 149 Å². The van der Waals surface area contributed by atoms with Crippen LogP contribution in [0.3, 0.4) is 0 Å². The molecule has 0 saturated carbocycles. The first-order chi connectivity index (χ1) is 11.8. The molecule has 2 bridgehead atoms. The van der Waals surface area contributed by atoms with Gasteiger partial charge in [-0.15, -0.1) is 0 Å². The molecule has 7 nitrogen and oxygen atoms in total. The number of carbonyl (C=O) groups excluding carboxylic acids is 1. The Balaban J connectivity index is 1.91. The van der Waals surface area contributed by atoms with Crippen molar-refractivity contribution in [2.45, 2.75) is 36.2 Å². The molecule has 2 saturated heterocycles. The highest BCUT2D eigenvalue weighted by molar-refractivity contribution is 7.89. The molecule has 1 amide bonds. The molecule has 2 aliphatic heterocycles. The summed E-state index contributed by atoms with van der Waals surface area (Å²) in [4.78, 5) is 14.8. The zero-order chi connectivity index (χ0) is 18.2. The van der Waals surface area contributed by atoms with Crippen molar-refractivity contribution >= 4 is 15.9 Å². The van der Waals surface area contributed by atoms with Crippen molar-refractivity contribution in [1.29, 1.82) is 0 Å². The number of fused-ring (bicyclic) bond motifs is 2. The van der Waals surface area contributed by atoms with Crippen LogP contribution in [0.5, 0.6) is 5.75 Å². The summed E-state index contributed by atoms with van der Waals surface area (Å²) in [5, 5.41) is 3.54. The van der Waals surface area contributed by atoms with Crippen LogP contribution in [0.15, 0.2) is 23.1 Å². The normalized spacial score (nSPS) is 23.6. The highest BCUT2D eigenvalue weighted by Crippen LogP contribution is 2.28. The lowest BCUT2D eigenvalue weighted by molar-refractivity contribution is 0.0748. The molecule has 0 aliphatic carbocycles. The lowest BCUT2D eigenvalue weighted by atomic mass is 10.1. The number of nitrogens with zero attached hydrogens (tertiary/aromatic N) is 2. The average molecular weight is 367 g/mol. The van der Waals surface area contributed by atoms with Crippen LogP contribution < -0.4 is 10.1 Å². The number of rotatable bonds is 4. The summed E-state index contributed by atoms with van der Waals surface area (Å²) in [6.07, 6.45) is 3.18. The molecule has 2 aliphatic rings.